The first-order valence-electron chi connectivity index (χ1n) is 5.94. The molecule has 2 unspecified atom stereocenters. The van der Waals surface area contributed by atoms with Crippen molar-refractivity contribution in [1.82, 2.24) is 4.98 Å². The highest BCUT2D eigenvalue weighted by molar-refractivity contribution is 6.31. The summed E-state index contributed by atoms with van der Waals surface area (Å²) in [6, 6.07) is 1.83. The number of aliphatic hydroxyl groups is 1. The van der Waals surface area contributed by atoms with Gasteiger partial charge in [-0.15, -0.1) is 0 Å². The molecule has 0 aliphatic carbocycles. The van der Waals surface area contributed by atoms with Crippen molar-refractivity contribution >= 4 is 11.6 Å². The first kappa shape index (κ1) is 14.4. The molecule has 0 radical (unpaired) electrons. The van der Waals surface area contributed by atoms with Gasteiger partial charge in [0.05, 0.1) is 17.2 Å². The predicted octanol–water partition coefficient (Wildman–Crippen LogP) is 2.70. The molecule has 2 atom stereocenters. The summed E-state index contributed by atoms with van der Waals surface area (Å²) in [5.41, 5.74) is 0.902. The molecule has 1 heterocycles. The van der Waals surface area contributed by atoms with E-state index in [4.69, 9.17) is 16.3 Å². The fourth-order valence-corrected chi connectivity index (χ4v) is 2.05. The van der Waals surface area contributed by atoms with Crippen molar-refractivity contribution in [1.29, 1.82) is 0 Å². The molecule has 0 aliphatic heterocycles. The Morgan fingerprint density at radius 3 is 2.71 bits per heavy atom. The Morgan fingerprint density at radius 1 is 1.47 bits per heavy atom. The summed E-state index contributed by atoms with van der Waals surface area (Å²) in [6.07, 6.45) is 3.05. The van der Waals surface area contributed by atoms with Gasteiger partial charge in [-0.05, 0) is 24.5 Å². The van der Waals surface area contributed by atoms with E-state index in [1.54, 1.807) is 12.4 Å². The maximum Gasteiger partial charge on any atom is 0.0859 e. The van der Waals surface area contributed by atoms with Crippen LogP contribution in [0.2, 0.25) is 5.02 Å². The molecule has 0 spiro atoms. The fourth-order valence-electron chi connectivity index (χ4n) is 1.85. The predicted molar refractivity (Wildman–Crippen MR) is 69.2 cm³/mol. The van der Waals surface area contributed by atoms with Crippen molar-refractivity contribution in [3.05, 3.63) is 29.0 Å². The zero-order valence-electron chi connectivity index (χ0n) is 10.6. The van der Waals surface area contributed by atoms with Crippen molar-refractivity contribution < 1.29 is 9.84 Å². The van der Waals surface area contributed by atoms with Crippen molar-refractivity contribution in [3.8, 4) is 0 Å². The Kier molecular flexibility index (Phi) is 5.89. The van der Waals surface area contributed by atoms with E-state index in [-0.39, 0.29) is 12.0 Å². The Hall–Kier alpha value is -0.640. The number of aromatic nitrogens is 1. The van der Waals surface area contributed by atoms with Crippen LogP contribution in [-0.2, 0) is 11.2 Å². The number of nitrogens with zero attached hydrogens (tertiary/aromatic N) is 1. The Morgan fingerprint density at radius 2 is 2.18 bits per heavy atom. The van der Waals surface area contributed by atoms with E-state index in [0.29, 0.717) is 18.1 Å². The van der Waals surface area contributed by atoms with Crippen molar-refractivity contribution in [2.75, 3.05) is 6.61 Å². The molecular weight excluding hydrogens is 238 g/mol. The summed E-state index contributed by atoms with van der Waals surface area (Å²) in [4.78, 5) is 3.92. The maximum absolute atomic E-state index is 10.2. The normalized spacial score (nSPS) is 14.9. The summed E-state index contributed by atoms with van der Waals surface area (Å²) in [5.74, 6) is 0.269. The van der Waals surface area contributed by atoms with E-state index in [0.717, 1.165) is 5.56 Å². The van der Waals surface area contributed by atoms with Gasteiger partial charge in [0.1, 0.15) is 0 Å². The Labute approximate surface area is 108 Å². The van der Waals surface area contributed by atoms with Gasteiger partial charge >= 0.3 is 0 Å². The van der Waals surface area contributed by atoms with Gasteiger partial charge in [-0.3, -0.25) is 4.98 Å². The quantitative estimate of drug-likeness (QED) is 0.852. The average Bonchev–Trinajstić information content (AvgIpc) is 2.28. The monoisotopic (exact) mass is 257 g/mol. The third-order valence-corrected chi connectivity index (χ3v) is 3.02. The lowest BCUT2D eigenvalue weighted by atomic mass is 9.96. The van der Waals surface area contributed by atoms with Crippen LogP contribution in [0.15, 0.2) is 18.5 Å². The topological polar surface area (TPSA) is 42.4 Å². The smallest absolute Gasteiger partial charge is 0.0859 e. The molecule has 3 nitrogen and oxygen atoms in total. The SMILES string of the molecule is CCOC(C(C)C)C(O)Cc1ccncc1Cl. The molecule has 1 aromatic heterocycles. The lowest BCUT2D eigenvalue weighted by Gasteiger charge is -2.26. The first-order chi connectivity index (χ1) is 8.06. The number of pyridine rings is 1. The molecule has 1 aromatic rings. The summed E-state index contributed by atoms with van der Waals surface area (Å²) in [6.45, 7) is 6.61. The number of aliphatic hydroxyl groups excluding tert-OH is 1. The molecule has 0 aliphatic rings. The zero-order chi connectivity index (χ0) is 12.8. The van der Waals surface area contributed by atoms with E-state index in [2.05, 4.69) is 4.98 Å². The molecular formula is C13H20ClNO2. The van der Waals surface area contributed by atoms with Crippen LogP contribution in [0.25, 0.3) is 0 Å². The van der Waals surface area contributed by atoms with Gasteiger partial charge in [-0.2, -0.15) is 0 Å². The third kappa shape index (κ3) is 4.26. The highest BCUT2D eigenvalue weighted by atomic mass is 35.5. The summed E-state index contributed by atoms with van der Waals surface area (Å²) >= 11 is 6.02. The van der Waals surface area contributed by atoms with Crippen LogP contribution in [-0.4, -0.2) is 28.9 Å². The average molecular weight is 258 g/mol. The molecule has 1 N–H and O–H groups in total. The summed E-state index contributed by atoms with van der Waals surface area (Å²) in [5, 5.41) is 10.8. The second-order valence-corrected chi connectivity index (χ2v) is 4.81. The standard InChI is InChI=1S/C13H20ClNO2/c1-4-17-13(9(2)3)12(16)7-10-5-6-15-8-11(10)14/h5-6,8-9,12-13,16H,4,7H2,1-3H3. The Balaban J connectivity index is 2.69. The molecule has 96 valence electrons. The largest absolute Gasteiger partial charge is 0.390 e. The molecule has 0 bridgehead atoms. The first-order valence-corrected chi connectivity index (χ1v) is 6.32. The number of hydrogen-bond acceptors (Lipinski definition) is 3. The second-order valence-electron chi connectivity index (χ2n) is 4.40. The van der Waals surface area contributed by atoms with Crippen molar-refractivity contribution in [3.63, 3.8) is 0 Å². The molecule has 0 aromatic carbocycles. The van der Waals surface area contributed by atoms with Gasteiger partial charge in [0, 0.05) is 25.4 Å². The van der Waals surface area contributed by atoms with E-state index >= 15 is 0 Å². The van der Waals surface area contributed by atoms with Gasteiger partial charge in [0.15, 0.2) is 0 Å². The number of hydrogen-bond donors (Lipinski definition) is 1. The minimum absolute atomic E-state index is 0.163. The lowest BCUT2D eigenvalue weighted by Crippen LogP contribution is -2.35. The van der Waals surface area contributed by atoms with Crippen molar-refractivity contribution in [2.45, 2.75) is 39.4 Å². The van der Waals surface area contributed by atoms with Gasteiger partial charge in [0.2, 0.25) is 0 Å². The van der Waals surface area contributed by atoms with Crippen LogP contribution in [0, 0.1) is 5.92 Å². The summed E-state index contributed by atoms with van der Waals surface area (Å²) < 4.78 is 5.57. The third-order valence-electron chi connectivity index (χ3n) is 2.68. The highest BCUT2D eigenvalue weighted by Gasteiger charge is 2.23. The highest BCUT2D eigenvalue weighted by Crippen LogP contribution is 2.20. The minimum Gasteiger partial charge on any atom is -0.390 e. The van der Waals surface area contributed by atoms with Gasteiger partial charge in [-0.1, -0.05) is 25.4 Å². The minimum atomic E-state index is -0.546. The van der Waals surface area contributed by atoms with Crippen molar-refractivity contribution in [2.24, 2.45) is 5.92 Å². The van der Waals surface area contributed by atoms with Gasteiger partial charge in [0.25, 0.3) is 0 Å². The van der Waals surface area contributed by atoms with Crippen LogP contribution >= 0.6 is 11.6 Å². The molecule has 17 heavy (non-hydrogen) atoms. The molecule has 1 rings (SSSR count). The van der Waals surface area contributed by atoms with Crippen LogP contribution in [0.3, 0.4) is 0 Å². The van der Waals surface area contributed by atoms with Crippen LogP contribution in [0.4, 0.5) is 0 Å². The molecule has 4 heteroatoms. The number of rotatable bonds is 6. The van der Waals surface area contributed by atoms with E-state index in [1.165, 1.54) is 0 Å². The van der Waals surface area contributed by atoms with E-state index < -0.39 is 6.10 Å². The Bertz CT molecular complexity index is 344. The second kappa shape index (κ2) is 6.94. The fraction of sp³-hybridized carbons (Fsp3) is 0.615. The van der Waals surface area contributed by atoms with E-state index in [9.17, 15) is 5.11 Å². The molecule has 0 saturated heterocycles. The molecule has 0 amide bonds. The molecule has 0 fully saturated rings. The lowest BCUT2D eigenvalue weighted by molar-refractivity contribution is -0.0562. The number of ether oxygens (including phenoxy) is 1. The van der Waals surface area contributed by atoms with E-state index in [1.807, 2.05) is 26.8 Å². The summed E-state index contributed by atoms with van der Waals surface area (Å²) in [7, 11) is 0. The number of halogens is 1. The van der Waals surface area contributed by atoms with Crippen LogP contribution < -0.4 is 0 Å². The van der Waals surface area contributed by atoms with Crippen LogP contribution in [0.5, 0.6) is 0 Å². The molecule has 0 saturated carbocycles. The maximum atomic E-state index is 10.2. The van der Waals surface area contributed by atoms with Gasteiger partial charge in [-0.25, -0.2) is 0 Å². The van der Waals surface area contributed by atoms with Gasteiger partial charge < -0.3 is 9.84 Å². The zero-order valence-corrected chi connectivity index (χ0v) is 11.3. The van der Waals surface area contributed by atoms with Crippen LogP contribution in [0.1, 0.15) is 26.3 Å².